The van der Waals surface area contributed by atoms with Crippen LogP contribution in [0.4, 0.5) is 0 Å². The summed E-state index contributed by atoms with van der Waals surface area (Å²) in [5.41, 5.74) is 8.97. The van der Waals surface area contributed by atoms with Crippen molar-refractivity contribution in [3.63, 3.8) is 0 Å². The average Bonchev–Trinajstić information content (AvgIpc) is 2.68. The Balaban J connectivity index is 0.000000447. The molecule has 0 heterocycles. The van der Waals surface area contributed by atoms with Crippen LogP contribution in [0, 0.1) is 6.92 Å². The number of ether oxygens (including phenoxy) is 1. The summed E-state index contributed by atoms with van der Waals surface area (Å²) in [6, 6.07) is 18.7. The molecule has 0 aliphatic rings. The molecule has 29 heavy (non-hydrogen) atoms. The van der Waals surface area contributed by atoms with Crippen molar-refractivity contribution in [2.24, 2.45) is 5.73 Å². The first kappa shape index (κ1) is 23.5. The van der Waals surface area contributed by atoms with Gasteiger partial charge in [-0.05, 0) is 30.2 Å². The van der Waals surface area contributed by atoms with Crippen LogP contribution in [0.2, 0.25) is 0 Å². The number of aryl methyl sites for hydroxylation is 1. The van der Waals surface area contributed by atoms with Gasteiger partial charge >= 0.3 is 5.96 Å². The van der Waals surface area contributed by atoms with Gasteiger partial charge in [-0.15, -0.1) is 0 Å². The number of carboxylic acid groups (broad SMARTS) is 2. The first-order valence-corrected chi connectivity index (χ1v) is 8.84. The molecule has 0 saturated heterocycles. The summed E-state index contributed by atoms with van der Waals surface area (Å²) >= 11 is 0. The number of benzene rings is 2. The van der Waals surface area contributed by atoms with E-state index in [-0.39, 0.29) is 6.10 Å². The Bertz CT molecular complexity index is 804. The summed E-state index contributed by atoms with van der Waals surface area (Å²) in [5, 5.41) is 26.0. The predicted octanol–water partition coefficient (Wildman–Crippen LogP) is -3.22. The maximum absolute atomic E-state index is 9.41. The predicted molar refractivity (Wildman–Crippen MR) is 102 cm³/mol. The zero-order chi connectivity index (χ0) is 21.6. The zero-order valence-electron chi connectivity index (χ0n) is 16.1. The maximum Gasteiger partial charge on any atom is 0.434 e. The molecule has 2 aromatic rings. The highest BCUT2D eigenvalue weighted by Gasteiger charge is 2.14. The Hall–Kier alpha value is -3.49. The van der Waals surface area contributed by atoms with E-state index in [1.54, 1.807) is 5.32 Å². The van der Waals surface area contributed by atoms with Crippen molar-refractivity contribution in [1.29, 1.82) is 0 Å². The fourth-order valence-corrected chi connectivity index (χ4v) is 2.30. The normalized spacial score (nSPS) is 11.3. The molecular formula is C21H25N3O5. The lowest BCUT2D eigenvalue weighted by atomic mass is 10.0. The molecule has 2 aromatic carbocycles. The summed E-state index contributed by atoms with van der Waals surface area (Å²) in [6.45, 7) is 3.36. The third-order valence-corrected chi connectivity index (χ3v) is 3.62. The number of nitrogens with two attached hydrogens (primary N) is 3. The largest absolute Gasteiger partial charge is 0.545 e. The first-order chi connectivity index (χ1) is 13.8. The van der Waals surface area contributed by atoms with Crippen molar-refractivity contribution < 1.29 is 35.3 Å². The van der Waals surface area contributed by atoms with Gasteiger partial charge in [0.25, 0.3) is 0 Å². The van der Waals surface area contributed by atoms with Crippen LogP contribution in [-0.2, 0) is 14.3 Å². The van der Waals surface area contributed by atoms with E-state index in [4.69, 9.17) is 15.9 Å². The molecule has 0 saturated carbocycles. The molecule has 8 nitrogen and oxygen atoms in total. The van der Waals surface area contributed by atoms with E-state index in [1.807, 2.05) is 18.2 Å². The molecule has 6 N–H and O–H groups in total. The van der Waals surface area contributed by atoms with E-state index < -0.39 is 11.9 Å². The van der Waals surface area contributed by atoms with Crippen LogP contribution in [0.5, 0.6) is 0 Å². The molecule has 0 aliphatic heterocycles. The van der Waals surface area contributed by atoms with Gasteiger partial charge in [-0.2, -0.15) is 0 Å². The quantitative estimate of drug-likeness (QED) is 0.183. The smallest absolute Gasteiger partial charge is 0.434 e. The van der Waals surface area contributed by atoms with Gasteiger partial charge < -0.3 is 24.5 Å². The van der Waals surface area contributed by atoms with Gasteiger partial charge in [0.1, 0.15) is 12.6 Å². The monoisotopic (exact) mass is 399 g/mol. The summed E-state index contributed by atoms with van der Waals surface area (Å²) < 4.78 is 6.05. The van der Waals surface area contributed by atoms with Crippen LogP contribution in [0.1, 0.15) is 22.8 Å². The third-order valence-electron chi connectivity index (χ3n) is 3.62. The van der Waals surface area contributed by atoms with Gasteiger partial charge in [-0.3, -0.25) is 0 Å². The number of carboxylic acids is 2. The fraction of sp³-hybridized carbons (Fsp3) is 0.190. The van der Waals surface area contributed by atoms with Crippen LogP contribution >= 0.6 is 0 Å². The number of quaternary nitrogens is 1. The molecule has 154 valence electrons. The Morgan fingerprint density at radius 1 is 1.03 bits per heavy atom. The molecule has 0 aromatic heterocycles. The SMILES string of the molecule is Cc1ccc(C(OCC[NH2+]C(N)=[NH2+])c2ccccc2)cc1.O=C([O-])/C=C/C(=O)[O-]. The maximum atomic E-state index is 9.41. The van der Waals surface area contributed by atoms with E-state index >= 15 is 0 Å². The number of carbonyl (C=O) groups is 2. The van der Waals surface area contributed by atoms with Crippen molar-refractivity contribution in [2.75, 3.05) is 13.2 Å². The number of carbonyl (C=O) groups excluding carboxylic acids is 2. The third kappa shape index (κ3) is 10.4. The lowest BCUT2D eigenvalue weighted by Gasteiger charge is -2.18. The Morgan fingerprint density at radius 2 is 1.55 bits per heavy atom. The van der Waals surface area contributed by atoms with E-state index in [0.29, 0.717) is 31.3 Å². The molecule has 1 atom stereocenters. The minimum absolute atomic E-state index is 0.0702. The van der Waals surface area contributed by atoms with Gasteiger partial charge in [0.05, 0.1) is 18.5 Å². The first-order valence-electron chi connectivity index (χ1n) is 8.84. The number of hydrogen-bond donors (Lipinski definition) is 3. The standard InChI is InChI=1S/C17H21N3O.C4H4O4/c1-13-7-9-15(10-8-13)16(14-5-3-2-4-6-14)21-12-11-20-17(18)19;5-3(6)1-2-4(7)8/h2-10,16H,11-12H2,1H3,(H4,18,19,20);1-2H,(H,5,6)(H,7,8)/b;2-1+. The van der Waals surface area contributed by atoms with Crippen LogP contribution in [-0.4, -0.2) is 31.0 Å². The average molecular weight is 399 g/mol. The number of hydrogen-bond acceptors (Lipinski definition) is 5. The Morgan fingerprint density at radius 3 is 2.03 bits per heavy atom. The molecular weight excluding hydrogens is 374 g/mol. The molecule has 0 bridgehead atoms. The second kappa shape index (κ2) is 12.8. The highest BCUT2D eigenvalue weighted by molar-refractivity contribution is 5.87. The minimum atomic E-state index is -1.55. The minimum Gasteiger partial charge on any atom is -0.545 e. The van der Waals surface area contributed by atoms with E-state index in [2.05, 4.69) is 43.3 Å². The molecule has 0 radical (unpaired) electrons. The molecule has 2 rings (SSSR count). The van der Waals surface area contributed by atoms with Crippen molar-refractivity contribution >= 4 is 17.9 Å². The van der Waals surface area contributed by atoms with Crippen molar-refractivity contribution in [3.8, 4) is 0 Å². The van der Waals surface area contributed by atoms with Crippen LogP contribution in [0.25, 0.3) is 0 Å². The topological polar surface area (TPSA) is 158 Å². The summed E-state index contributed by atoms with van der Waals surface area (Å²) in [4.78, 5) is 18.8. The summed E-state index contributed by atoms with van der Waals surface area (Å²) in [5.74, 6) is -2.76. The zero-order valence-corrected chi connectivity index (χ0v) is 16.1. The highest BCUT2D eigenvalue weighted by atomic mass is 16.5. The van der Waals surface area contributed by atoms with E-state index in [1.165, 1.54) is 5.56 Å². The van der Waals surface area contributed by atoms with E-state index in [0.717, 1.165) is 11.1 Å². The van der Waals surface area contributed by atoms with Gasteiger partial charge in [0, 0.05) is 0 Å². The number of aliphatic carboxylic acids is 2. The van der Waals surface area contributed by atoms with Crippen molar-refractivity contribution in [3.05, 3.63) is 83.4 Å². The van der Waals surface area contributed by atoms with Gasteiger partial charge in [-0.1, -0.05) is 60.2 Å². The van der Waals surface area contributed by atoms with Gasteiger partial charge in [0.2, 0.25) is 0 Å². The van der Waals surface area contributed by atoms with E-state index in [9.17, 15) is 19.8 Å². The number of rotatable bonds is 8. The molecule has 0 spiro atoms. The Labute approximate surface area is 169 Å². The van der Waals surface area contributed by atoms with Crippen LogP contribution in [0.3, 0.4) is 0 Å². The molecule has 0 fully saturated rings. The molecule has 0 amide bonds. The van der Waals surface area contributed by atoms with Crippen LogP contribution in [0.15, 0.2) is 66.7 Å². The molecule has 0 aliphatic carbocycles. The van der Waals surface area contributed by atoms with Crippen molar-refractivity contribution in [2.45, 2.75) is 13.0 Å². The lowest BCUT2D eigenvalue weighted by molar-refractivity contribution is -0.570. The Kier molecular flexibility index (Phi) is 10.4. The number of guanidine groups is 1. The summed E-state index contributed by atoms with van der Waals surface area (Å²) in [6.07, 6.45) is 0.698. The summed E-state index contributed by atoms with van der Waals surface area (Å²) in [7, 11) is 0. The lowest BCUT2D eigenvalue weighted by Crippen LogP contribution is -2.97. The molecule has 1 unspecified atom stereocenters. The fourth-order valence-electron chi connectivity index (χ4n) is 2.30. The second-order valence-corrected chi connectivity index (χ2v) is 6.04. The van der Waals surface area contributed by atoms with Gasteiger partial charge in [-0.25, -0.2) is 16.5 Å². The second-order valence-electron chi connectivity index (χ2n) is 6.04. The van der Waals surface area contributed by atoms with Crippen molar-refractivity contribution in [1.82, 2.24) is 0 Å². The molecule has 8 heteroatoms. The van der Waals surface area contributed by atoms with Gasteiger partial charge in [0.15, 0.2) is 0 Å². The van der Waals surface area contributed by atoms with Crippen LogP contribution < -0.4 is 26.7 Å². The highest BCUT2D eigenvalue weighted by Crippen LogP contribution is 2.25.